The summed E-state index contributed by atoms with van der Waals surface area (Å²) in [6.45, 7) is 8.57. The molecular weight excluding hydrogens is 280 g/mol. The van der Waals surface area contributed by atoms with Gasteiger partial charge in [-0.05, 0) is 30.5 Å². The molecule has 0 aliphatic heterocycles. The lowest BCUT2D eigenvalue weighted by Crippen LogP contribution is -2.40. The zero-order chi connectivity index (χ0) is 16.5. The van der Waals surface area contributed by atoms with Crippen LogP contribution in [0, 0.1) is 0 Å². The van der Waals surface area contributed by atoms with Gasteiger partial charge in [-0.15, -0.1) is 0 Å². The first-order valence-electron chi connectivity index (χ1n) is 7.75. The molecular formula is C17H26N2O3. The summed E-state index contributed by atoms with van der Waals surface area (Å²) >= 11 is 0. The van der Waals surface area contributed by atoms with E-state index >= 15 is 0 Å². The third kappa shape index (κ3) is 6.16. The molecule has 1 aromatic carbocycles. The van der Waals surface area contributed by atoms with E-state index < -0.39 is 6.10 Å². The third-order valence-electron chi connectivity index (χ3n) is 3.30. The van der Waals surface area contributed by atoms with E-state index in [9.17, 15) is 9.59 Å². The minimum atomic E-state index is -0.577. The first kappa shape index (κ1) is 18.0. The normalized spacial score (nSPS) is 11.9. The molecule has 2 N–H and O–H groups in total. The highest BCUT2D eigenvalue weighted by molar-refractivity contribution is 5.80. The van der Waals surface area contributed by atoms with Crippen molar-refractivity contribution in [3.63, 3.8) is 0 Å². The summed E-state index contributed by atoms with van der Waals surface area (Å²) in [4.78, 5) is 22.9. The summed E-state index contributed by atoms with van der Waals surface area (Å²) in [5.74, 6) is 0.918. The molecule has 5 nitrogen and oxygen atoms in total. The average molecular weight is 306 g/mol. The number of carbonyl (C=O) groups excluding carboxylic acids is 2. The topological polar surface area (TPSA) is 67.4 Å². The fourth-order valence-corrected chi connectivity index (χ4v) is 1.85. The van der Waals surface area contributed by atoms with Crippen molar-refractivity contribution >= 4 is 11.8 Å². The summed E-state index contributed by atoms with van der Waals surface area (Å²) in [6, 6.07) is 7.76. The second-order valence-electron chi connectivity index (χ2n) is 5.48. The SMILES string of the molecule is CCC(=O)NCCNC(=O)C(C)Oc1ccc(C(C)C)cc1. The van der Waals surface area contributed by atoms with Crippen LogP contribution >= 0.6 is 0 Å². The number of rotatable bonds is 8. The molecule has 0 bridgehead atoms. The van der Waals surface area contributed by atoms with Crippen molar-refractivity contribution in [2.75, 3.05) is 13.1 Å². The van der Waals surface area contributed by atoms with Gasteiger partial charge < -0.3 is 15.4 Å². The first-order chi connectivity index (χ1) is 10.4. The van der Waals surface area contributed by atoms with Crippen LogP contribution in [0.15, 0.2) is 24.3 Å². The monoisotopic (exact) mass is 306 g/mol. The molecule has 5 heteroatoms. The second kappa shape index (κ2) is 9.07. The van der Waals surface area contributed by atoms with Crippen molar-refractivity contribution < 1.29 is 14.3 Å². The van der Waals surface area contributed by atoms with Crippen LogP contribution in [-0.4, -0.2) is 31.0 Å². The van der Waals surface area contributed by atoms with E-state index in [1.54, 1.807) is 13.8 Å². The molecule has 0 fully saturated rings. The summed E-state index contributed by atoms with van der Waals surface area (Å²) in [6.07, 6.45) is -0.133. The van der Waals surface area contributed by atoms with Gasteiger partial charge in [0.25, 0.3) is 5.91 Å². The maximum Gasteiger partial charge on any atom is 0.260 e. The van der Waals surface area contributed by atoms with Gasteiger partial charge in [-0.3, -0.25) is 9.59 Å². The van der Waals surface area contributed by atoms with Crippen LogP contribution in [0.1, 0.15) is 45.6 Å². The molecule has 0 spiro atoms. The van der Waals surface area contributed by atoms with Crippen LogP contribution in [-0.2, 0) is 9.59 Å². The Hall–Kier alpha value is -2.04. The predicted octanol–water partition coefficient (Wildman–Crippen LogP) is 2.22. The van der Waals surface area contributed by atoms with Crippen LogP contribution in [0.25, 0.3) is 0 Å². The maximum atomic E-state index is 11.9. The van der Waals surface area contributed by atoms with Gasteiger partial charge in [0.05, 0.1) is 0 Å². The summed E-state index contributed by atoms with van der Waals surface area (Å²) in [5.41, 5.74) is 1.23. The van der Waals surface area contributed by atoms with E-state index in [0.29, 0.717) is 31.2 Å². The van der Waals surface area contributed by atoms with Crippen LogP contribution in [0.3, 0.4) is 0 Å². The molecule has 0 aromatic heterocycles. The maximum absolute atomic E-state index is 11.9. The van der Waals surface area contributed by atoms with E-state index in [1.807, 2.05) is 24.3 Å². The zero-order valence-electron chi connectivity index (χ0n) is 13.8. The lowest BCUT2D eigenvalue weighted by Gasteiger charge is -2.15. The lowest BCUT2D eigenvalue weighted by molar-refractivity contribution is -0.127. The molecule has 1 rings (SSSR count). The van der Waals surface area contributed by atoms with E-state index in [-0.39, 0.29) is 11.8 Å². The molecule has 0 saturated carbocycles. The van der Waals surface area contributed by atoms with Gasteiger partial charge in [0.2, 0.25) is 5.91 Å². The molecule has 0 heterocycles. The van der Waals surface area contributed by atoms with E-state index in [4.69, 9.17) is 4.74 Å². The van der Waals surface area contributed by atoms with Crippen molar-refractivity contribution in [3.05, 3.63) is 29.8 Å². The molecule has 0 radical (unpaired) electrons. The number of carbonyl (C=O) groups is 2. The van der Waals surface area contributed by atoms with E-state index in [0.717, 1.165) is 0 Å². The summed E-state index contributed by atoms with van der Waals surface area (Å²) in [7, 11) is 0. The smallest absolute Gasteiger partial charge is 0.260 e. The Bertz CT molecular complexity index is 483. The van der Waals surface area contributed by atoms with Gasteiger partial charge in [-0.25, -0.2) is 0 Å². The number of hydrogen-bond acceptors (Lipinski definition) is 3. The van der Waals surface area contributed by atoms with Crippen LogP contribution in [0.5, 0.6) is 5.75 Å². The number of benzene rings is 1. The lowest BCUT2D eigenvalue weighted by atomic mass is 10.0. The van der Waals surface area contributed by atoms with Gasteiger partial charge in [-0.2, -0.15) is 0 Å². The van der Waals surface area contributed by atoms with Crippen molar-refractivity contribution in [3.8, 4) is 5.75 Å². The molecule has 122 valence electrons. The third-order valence-corrected chi connectivity index (χ3v) is 3.30. The van der Waals surface area contributed by atoms with Crippen molar-refractivity contribution in [1.82, 2.24) is 10.6 Å². The fraction of sp³-hybridized carbons (Fsp3) is 0.529. The minimum absolute atomic E-state index is 0.0243. The van der Waals surface area contributed by atoms with Gasteiger partial charge in [0, 0.05) is 19.5 Å². The Morgan fingerprint density at radius 2 is 1.64 bits per heavy atom. The van der Waals surface area contributed by atoms with Crippen molar-refractivity contribution in [2.45, 2.75) is 46.1 Å². The number of ether oxygens (including phenoxy) is 1. The molecule has 0 aliphatic rings. The fourth-order valence-electron chi connectivity index (χ4n) is 1.85. The second-order valence-corrected chi connectivity index (χ2v) is 5.48. The Morgan fingerprint density at radius 1 is 1.05 bits per heavy atom. The zero-order valence-corrected chi connectivity index (χ0v) is 13.8. The van der Waals surface area contributed by atoms with Gasteiger partial charge in [-0.1, -0.05) is 32.9 Å². The highest BCUT2D eigenvalue weighted by Crippen LogP contribution is 2.19. The molecule has 22 heavy (non-hydrogen) atoms. The van der Waals surface area contributed by atoms with Crippen LogP contribution in [0.2, 0.25) is 0 Å². The van der Waals surface area contributed by atoms with Gasteiger partial charge in [0.15, 0.2) is 6.10 Å². The van der Waals surface area contributed by atoms with Gasteiger partial charge in [0.1, 0.15) is 5.75 Å². The molecule has 1 aromatic rings. The largest absolute Gasteiger partial charge is 0.481 e. The number of nitrogens with one attached hydrogen (secondary N) is 2. The van der Waals surface area contributed by atoms with Crippen molar-refractivity contribution in [2.24, 2.45) is 0 Å². The standard InChI is InChI=1S/C17H26N2O3/c1-5-16(20)18-10-11-19-17(21)13(4)22-15-8-6-14(7-9-15)12(2)3/h6-9,12-13H,5,10-11H2,1-4H3,(H,18,20)(H,19,21). The Morgan fingerprint density at radius 3 is 2.18 bits per heavy atom. The highest BCUT2D eigenvalue weighted by atomic mass is 16.5. The van der Waals surface area contributed by atoms with E-state index in [2.05, 4.69) is 24.5 Å². The molecule has 1 unspecified atom stereocenters. The summed E-state index contributed by atoms with van der Waals surface area (Å²) < 4.78 is 5.61. The minimum Gasteiger partial charge on any atom is -0.481 e. The first-order valence-corrected chi connectivity index (χ1v) is 7.75. The Kier molecular flexibility index (Phi) is 7.43. The average Bonchev–Trinajstić information content (AvgIpc) is 2.51. The molecule has 2 amide bonds. The van der Waals surface area contributed by atoms with Gasteiger partial charge >= 0.3 is 0 Å². The Labute approximate surface area is 132 Å². The van der Waals surface area contributed by atoms with Crippen molar-refractivity contribution in [1.29, 1.82) is 0 Å². The Balaban J connectivity index is 2.35. The van der Waals surface area contributed by atoms with Crippen LogP contribution in [0.4, 0.5) is 0 Å². The molecule has 1 atom stereocenters. The quantitative estimate of drug-likeness (QED) is 0.724. The molecule has 0 aliphatic carbocycles. The predicted molar refractivity (Wildman–Crippen MR) is 86.9 cm³/mol. The molecule has 0 saturated heterocycles. The van der Waals surface area contributed by atoms with E-state index in [1.165, 1.54) is 5.56 Å². The summed E-state index contributed by atoms with van der Waals surface area (Å²) in [5, 5.41) is 5.43. The highest BCUT2D eigenvalue weighted by Gasteiger charge is 2.14. The number of hydrogen-bond donors (Lipinski definition) is 2. The van der Waals surface area contributed by atoms with Crippen LogP contribution < -0.4 is 15.4 Å². The number of amides is 2.